The summed E-state index contributed by atoms with van der Waals surface area (Å²) in [5.41, 5.74) is 0.717. The van der Waals surface area contributed by atoms with Gasteiger partial charge in [0.15, 0.2) is 5.78 Å². The van der Waals surface area contributed by atoms with Crippen molar-refractivity contribution in [1.82, 2.24) is 0 Å². The number of anilines is 1. The van der Waals surface area contributed by atoms with Gasteiger partial charge in [0.2, 0.25) is 0 Å². The van der Waals surface area contributed by atoms with Crippen LogP contribution in [0.2, 0.25) is 0 Å². The van der Waals surface area contributed by atoms with Crippen molar-refractivity contribution >= 4 is 23.1 Å². The van der Waals surface area contributed by atoms with E-state index < -0.39 is 17.4 Å². The molecular weight excluding hydrogens is 436 g/mol. The van der Waals surface area contributed by atoms with Crippen molar-refractivity contribution in [3.8, 4) is 17.2 Å². The van der Waals surface area contributed by atoms with E-state index in [1.807, 2.05) is 6.07 Å². The molecule has 0 bridgehead atoms. The zero-order chi connectivity index (χ0) is 23.9. The average Bonchev–Trinajstić information content (AvgIpc) is 3.42. The van der Waals surface area contributed by atoms with Crippen LogP contribution in [-0.4, -0.2) is 38.7 Å². The summed E-state index contributed by atoms with van der Waals surface area (Å²) in [5, 5.41) is 7.15. The maximum absolute atomic E-state index is 14.0. The van der Waals surface area contributed by atoms with Gasteiger partial charge in [0.05, 0.1) is 21.3 Å². The van der Waals surface area contributed by atoms with Crippen LogP contribution < -0.4 is 19.5 Å². The first-order chi connectivity index (χ1) is 16.5. The lowest BCUT2D eigenvalue weighted by Crippen LogP contribution is -2.46. The molecule has 1 amide bonds. The molecule has 34 heavy (non-hydrogen) atoms. The Morgan fingerprint density at radius 2 is 1.65 bits per heavy atom. The summed E-state index contributed by atoms with van der Waals surface area (Å²) in [6, 6.07) is 19.0. The summed E-state index contributed by atoms with van der Waals surface area (Å²) in [6.45, 7) is 0. The number of ether oxygens (including phenoxy) is 3. The van der Waals surface area contributed by atoms with E-state index in [-0.39, 0.29) is 5.78 Å². The van der Waals surface area contributed by atoms with Crippen LogP contribution in [0.5, 0.6) is 17.2 Å². The van der Waals surface area contributed by atoms with E-state index in [1.165, 1.54) is 7.11 Å². The summed E-state index contributed by atoms with van der Waals surface area (Å²) in [5.74, 6) is -0.194. The highest BCUT2D eigenvalue weighted by molar-refractivity contribution is 6.25. The van der Waals surface area contributed by atoms with Crippen molar-refractivity contribution in [2.45, 2.75) is 5.60 Å². The number of carbonyl (C=O) groups is 2. The third-order valence-electron chi connectivity index (χ3n) is 6.20. The van der Waals surface area contributed by atoms with E-state index in [9.17, 15) is 9.59 Å². The van der Waals surface area contributed by atoms with E-state index in [1.54, 1.807) is 74.9 Å². The van der Waals surface area contributed by atoms with Crippen molar-refractivity contribution in [3.63, 3.8) is 0 Å². The fraction of sp³-hybridized carbons (Fsp3) is 0.192. The smallest absolute Gasteiger partial charge is 0.277 e. The Kier molecular flexibility index (Phi) is 5.20. The number of nitrogens with one attached hydrogen (secondary N) is 1. The minimum absolute atomic E-state index is 0.298. The number of methoxy groups -OCH3 is 3. The Morgan fingerprint density at radius 3 is 2.35 bits per heavy atom. The third-order valence-corrected chi connectivity index (χ3v) is 6.20. The highest BCUT2D eigenvalue weighted by Crippen LogP contribution is 2.50. The van der Waals surface area contributed by atoms with E-state index >= 15 is 0 Å². The number of hydrogen-bond acceptors (Lipinski definition) is 7. The Morgan fingerprint density at radius 1 is 0.941 bits per heavy atom. The molecule has 0 saturated carbocycles. The molecule has 0 aliphatic carbocycles. The van der Waals surface area contributed by atoms with E-state index in [0.717, 1.165) is 0 Å². The van der Waals surface area contributed by atoms with Crippen molar-refractivity contribution in [3.05, 3.63) is 83.4 Å². The van der Waals surface area contributed by atoms with Crippen LogP contribution in [0.4, 0.5) is 5.69 Å². The number of rotatable bonds is 6. The highest BCUT2D eigenvalue weighted by atomic mass is 16.7. The standard InChI is InChI=1S/C26H22N2O6/c1-31-16-10-8-15(9-11-16)24(29)22-23(18-13-12-17(32-2)14-21(18)33-3)28-34-26(22)19-6-4-5-7-20(19)27-25(26)30/h4-14,22H,1-3H3,(H,27,30)/t22-,26+/m0/s1. The largest absolute Gasteiger partial charge is 0.497 e. The number of amides is 1. The number of benzene rings is 3. The van der Waals surface area contributed by atoms with Gasteiger partial charge in [-0.3, -0.25) is 9.59 Å². The molecule has 2 atom stereocenters. The maximum Gasteiger partial charge on any atom is 0.277 e. The SMILES string of the molecule is COc1ccc(C(=O)[C@@H]2C(c3ccc(OC)cc3OC)=NO[C@@]23C(=O)Nc2ccccc23)cc1. The van der Waals surface area contributed by atoms with Crippen LogP contribution in [0.25, 0.3) is 0 Å². The summed E-state index contributed by atoms with van der Waals surface area (Å²) in [6.07, 6.45) is 0. The molecule has 1 spiro atoms. The second kappa shape index (κ2) is 8.22. The van der Waals surface area contributed by atoms with Gasteiger partial charge in [0.1, 0.15) is 28.9 Å². The zero-order valence-corrected chi connectivity index (χ0v) is 18.8. The first-order valence-corrected chi connectivity index (χ1v) is 10.6. The molecule has 3 aromatic carbocycles. The quantitative estimate of drug-likeness (QED) is 0.565. The van der Waals surface area contributed by atoms with Gasteiger partial charge in [-0.1, -0.05) is 23.4 Å². The molecule has 0 radical (unpaired) electrons. The fourth-order valence-electron chi connectivity index (χ4n) is 4.50. The molecule has 8 heteroatoms. The predicted molar refractivity (Wildman–Crippen MR) is 125 cm³/mol. The van der Waals surface area contributed by atoms with Crippen LogP contribution in [0.3, 0.4) is 0 Å². The summed E-state index contributed by atoms with van der Waals surface area (Å²) < 4.78 is 16.1. The fourth-order valence-corrected chi connectivity index (χ4v) is 4.50. The lowest BCUT2D eigenvalue weighted by atomic mass is 9.74. The van der Waals surface area contributed by atoms with Crippen LogP contribution in [0.1, 0.15) is 21.5 Å². The van der Waals surface area contributed by atoms with Gasteiger partial charge < -0.3 is 24.4 Å². The van der Waals surface area contributed by atoms with E-state index in [0.29, 0.717) is 45.3 Å². The Balaban J connectivity index is 1.69. The minimum atomic E-state index is -1.64. The molecule has 5 rings (SSSR count). The third kappa shape index (κ3) is 3.10. The second-order valence-corrected chi connectivity index (χ2v) is 7.90. The first-order valence-electron chi connectivity index (χ1n) is 10.6. The Hall–Kier alpha value is -4.33. The van der Waals surface area contributed by atoms with Gasteiger partial charge >= 0.3 is 0 Å². The van der Waals surface area contributed by atoms with Crippen LogP contribution in [-0.2, 0) is 15.2 Å². The van der Waals surface area contributed by atoms with Crippen molar-refractivity contribution < 1.29 is 28.6 Å². The predicted octanol–water partition coefficient (Wildman–Crippen LogP) is 3.79. The van der Waals surface area contributed by atoms with Gasteiger partial charge in [-0.2, -0.15) is 0 Å². The molecule has 0 fully saturated rings. The molecule has 172 valence electrons. The minimum Gasteiger partial charge on any atom is -0.497 e. The van der Waals surface area contributed by atoms with Gasteiger partial charge in [-0.05, 0) is 42.5 Å². The van der Waals surface area contributed by atoms with Crippen molar-refractivity contribution in [2.24, 2.45) is 11.1 Å². The molecule has 0 unspecified atom stereocenters. The molecule has 8 nitrogen and oxygen atoms in total. The number of Topliss-reactive ketones (excluding diaryl/α,β-unsaturated/α-hetero) is 1. The number of carbonyl (C=O) groups excluding carboxylic acids is 2. The Bertz CT molecular complexity index is 1320. The maximum atomic E-state index is 14.0. The van der Waals surface area contributed by atoms with E-state index in [2.05, 4.69) is 10.5 Å². The number of hydrogen-bond donors (Lipinski definition) is 1. The Labute approximate surface area is 196 Å². The number of oxime groups is 1. The average molecular weight is 458 g/mol. The number of ketones is 1. The molecular formula is C26H22N2O6. The number of para-hydroxylation sites is 1. The summed E-state index contributed by atoms with van der Waals surface area (Å²) >= 11 is 0. The molecule has 2 aliphatic rings. The van der Waals surface area contributed by atoms with Crippen LogP contribution in [0.15, 0.2) is 71.9 Å². The van der Waals surface area contributed by atoms with E-state index in [4.69, 9.17) is 19.0 Å². The first kappa shape index (κ1) is 21.5. The second-order valence-electron chi connectivity index (χ2n) is 7.90. The van der Waals surface area contributed by atoms with Gasteiger partial charge in [-0.15, -0.1) is 0 Å². The van der Waals surface area contributed by atoms with Crippen LogP contribution >= 0.6 is 0 Å². The normalized spacial score (nSPS) is 20.3. The number of fused-ring (bicyclic) bond motifs is 2. The molecule has 0 aromatic heterocycles. The molecule has 1 N–H and O–H groups in total. The summed E-state index contributed by atoms with van der Waals surface area (Å²) in [4.78, 5) is 33.3. The van der Waals surface area contributed by atoms with Gasteiger partial charge in [0.25, 0.3) is 11.5 Å². The number of nitrogens with zero attached hydrogens (tertiary/aromatic N) is 1. The molecule has 3 aromatic rings. The molecule has 2 heterocycles. The zero-order valence-electron chi connectivity index (χ0n) is 18.8. The molecule has 0 saturated heterocycles. The monoisotopic (exact) mass is 458 g/mol. The topological polar surface area (TPSA) is 95.5 Å². The lowest BCUT2D eigenvalue weighted by Gasteiger charge is -2.27. The molecule has 2 aliphatic heterocycles. The van der Waals surface area contributed by atoms with Gasteiger partial charge in [0, 0.05) is 28.4 Å². The summed E-state index contributed by atoms with van der Waals surface area (Å²) in [7, 11) is 4.62. The van der Waals surface area contributed by atoms with Crippen molar-refractivity contribution in [1.29, 1.82) is 0 Å². The van der Waals surface area contributed by atoms with Crippen molar-refractivity contribution in [2.75, 3.05) is 26.6 Å². The lowest BCUT2D eigenvalue weighted by molar-refractivity contribution is -0.140. The van der Waals surface area contributed by atoms with Gasteiger partial charge in [-0.25, -0.2) is 0 Å². The van der Waals surface area contributed by atoms with Crippen LogP contribution in [0, 0.1) is 5.92 Å². The highest BCUT2D eigenvalue weighted by Gasteiger charge is 2.63.